The van der Waals surface area contributed by atoms with E-state index in [9.17, 15) is 9.59 Å². The van der Waals surface area contributed by atoms with Crippen LogP contribution in [0.1, 0.15) is 11.1 Å². The summed E-state index contributed by atoms with van der Waals surface area (Å²) in [7, 11) is 0. The second-order valence-electron chi connectivity index (χ2n) is 5.35. The van der Waals surface area contributed by atoms with Crippen LogP contribution in [0.25, 0.3) is 0 Å². The number of carbonyl (C=O) groups excluding carboxylic acids is 2. The molecular formula is C17H15ClN2O2S. The Kier molecular flexibility index (Phi) is 4.59. The zero-order valence-electron chi connectivity index (χ0n) is 12.5. The van der Waals surface area contributed by atoms with Crippen molar-refractivity contribution in [3.8, 4) is 0 Å². The third-order valence-corrected chi connectivity index (χ3v) is 4.82. The van der Waals surface area contributed by atoms with Gasteiger partial charge in [0.15, 0.2) is 0 Å². The normalized spacial score (nSPS) is 13.2. The SMILES string of the molecule is Cc1ccc(Cl)cc1NC(=O)Cc1ccc2c(c1)NC(=O)CS2. The number of halogens is 1. The van der Waals surface area contributed by atoms with Crippen molar-refractivity contribution in [2.24, 2.45) is 0 Å². The average molecular weight is 347 g/mol. The number of hydrogen-bond acceptors (Lipinski definition) is 3. The smallest absolute Gasteiger partial charge is 0.234 e. The second-order valence-corrected chi connectivity index (χ2v) is 6.81. The number of carbonyl (C=O) groups is 2. The third kappa shape index (κ3) is 3.86. The molecule has 0 fully saturated rings. The van der Waals surface area contributed by atoms with Crippen LogP contribution in [0.15, 0.2) is 41.3 Å². The molecule has 2 aromatic rings. The molecule has 0 aromatic heterocycles. The lowest BCUT2D eigenvalue weighted by Gasteiger charge is -2.17. The first-order valence-corrected chi connectivity index (χ1v) is 8.49. The molecule has 0 unspecified atom stereocenters. The predicted molar refractivity (Wildman–Crippen MR) is 94.3 cm³/mol. The molecule has 4 nitrogen and oxygen atoms in total. The first kappa shape index (κ1) is 15.9. The van der Waals surface area contributed by atoms with Crippen molar-refractivity contribution >= 4 is 46.6 Å². The predicted octanol–water partition coefficient (Wildman–Crippen LogP) is 3.87. The lowest BCUT2D eigenvalue weighted by atomic mass is 10.1. The highest BCUT2D eigenvalue weighted by Gasteiger charge is 2.16. The summed E-state index contributed by atoms with van der Waals surface area (Å²) in [4.78, 5) is 24.7. The molecule has 3 rings (SSSR count). The number of amides is 2. The topological polar surface area (TPSA) is 58.2 Å². The summed E-state index contributed by atoms with van der Waals surface area (Å²) in [5.41, 5.74) is 3.29. The monoisotopic (exact) mass is 346 g/mol. The van der Waals surface area contributed by atoms with Gasteiger partial charge in [0.05, 0.1) is 17.9 Å². The van der Waals surface area contributed by atoms with Crippen LogP contribution in [0.5, 0.6) is 0 Å². The molecule has 0 atom stereocenters. The van der Waals surface area contributed by atoms with Crippen LogP contribution in [0, 0.1) is 6.92 Å². The Morgan fingerprint density at radius 3 is 2.96 bits per heavy atom. The molecule has 1 heterocycles. The molecule has 6 heteroatoms. The van der Waals surface area contributed by atoms with Gasteiger partial charge in [-0.1, -0.05) is 23.7 Å². The van der Waals surface area contributed by atoms with Gasteiger partial charge in [-0.3, -0.25) is 9.59 Å². The fourth-order valence-electron chi connectivity index (χ4n) is 2.35. The third-order valence-electron chi connectivity index (χ3n) is 3.52. The number of benzene rings is 2. The molecule has 0 spiro atoms. The summed E-state index contributed by atoms with van der Waals surface area (Å²) in [6.07, 6.45) is 0.236. The van der Waals surface area contributed by atoms with Crippen LogP contribution < -0.4 is 10.6 Å². The first-order valence-electron chi connectivity index (χ1n) is 7.13. The van der Waals surface area contributed by atoms with Crippen molar-refractivity contribution in [3.05, 3.63) is 52.5 Å². The van der Waals surface area contributed by atoms with Crippen molar-refractivity contribution in [2.45, 2.75) is 18.2 Å². The Bertz CT molecular complexity index is 792. The standard InChI is InChI=1S/C17H15ClN2O2S/c1-10-2-4-12(18)8-13(10)19-16(21)7-11-3-5-15-14(6-11)20-17(22)9-23-15/h2-6,8H,7,9H2,1H3,(H,19,21)(H,20,22). The fourth-order valence-corrected chi connectivity index (χ4v) is 3.31. The molecule has 0 saturated carbocycles. The molecular weight excluding hydrogens is 332 g/mol. The fraction of sp³-hybridized carbons (Fsp3) is 0.176. The van der Waals surface area contributed by atoms with Gasteiger partial charge in [-0.15, -0.1) is 11.8 Å². The molecule has 1 aliphatic rings. The van der Waals surface area contributed by atoms with Crippen LogP contribution in [0.4, 0.5) is 11.4 Å². The van der Waals surface area contributed by atoms with E-state index in [1.54, 1.807) is 12.1 Å². The van der Waals surface area contributed by atoms with Crippen molar-refractivity contribution in [2.75, 3.05) is 16.4 Å². The molecule has 2 N–H and O–H groups in total. The average Bonchev–Trinajstić information content (AvgIpc) is 2.50. The maximum Gasteiger partial charge on any atom is 0.234 e. The van der Waals surface area contributed by atoms with E-state index in [0.717, 1.165) is 21.7 Å². The Balaban J connectivity index is 1.72. The van der Waals surface area contributed by atoms with Gasteiger partial charge in [0.1, 0.15) is 0 Å². The lowest BCUT2D eigenvalue weighted by molar-refractivity contribution is -0.115. The van der Waals surface area contributed by atoms with Crippen molar-refractivity contribution in [1.29, 1.82) is 0 Å². The molecule has 0 saturated heterocycles. The Morgan fingerprint density at radius 2 is 2.13 bits per heavy atom. The Morgan fingerprint density at radius 1 is 1.30 bits per heavy atom. The van der Waals surface area contributed by atoms with E-state index < -0.39 is 0 Å². The molecule has 1 aliphatic heterocycles. The van der Waals surface area contributed by atoms with E-state index in [1.807, 2.05) is 31.2 Å². The van der Waals surface area contributed by atoms with Gasteiger partial charge in [0.2, 0.25) is 11.8 Å². The number of nitrogens with one attached hydrogen (secondary N) is 2. The number of hydrogen-bond donors (Lipinski definition) is 2. The maximum absolute atomic E-state index is 12.2. The van der Waals surface area contributed by atoms with E-state index in [0.29, 0.717) is 16.5 Å². The Hall–Kier alpha value is -1.98. The van der Waals surface area contributed by atoms with Gasteiger partial charge in [-0.25, -0.2) is 0 Å². The van der Waals surface area contributed by atoms with Crippen molar-refractivity contribution < 1.29 is 9.59 Å². The van der Waals surface area contributed by atoms with E-state index >= 15 is 0 Å². The largest absolute Gasteiger partial charge is 0.326 e. The van der Waals surface area contributed by atoms with Gasteiger partial charge in [0, 0.05) is 15.6 Å². The summed E-state index contributed by atoms with van der Waals surface area (Å²) >= 11 is 7.46. The summed E-state index contributed by atoms with van der Waals surface area (Å²) in [6.45, 7) is 1.91. The first-order chi connectivity index (χ1) is 11.0. The molecule has 2 amide bonds. The van der Waals surface area contributed by atoms with Crippen LogP contribution in [0.3, 0.4) is 0 Å². The van der Waals surface area contributed by atoms with Crippen LogP contribution in [-0.2, 0) is 16.0 Å². The van der Waals surface area contributed by atoms with E-state index in [-0.39, 0.29) is 18.2 Å². The zero-order chi connectivity index (χ0) is 16.4. The summed E-state index contributed by atoms with van der Waals surface area (Å²) < 4.78 is 0. The number of fused-ring (bicyclic) bond motifs is 1. The minimum Gasteiger partial charge on any atom is -0.326 e. The van der Waals surface area contributed by atoms with E-state index in [2.05, 4.69) is 10.6 Å². The minimum atomic E-state index is -0.120. The molecule has 2 aromatic carbocycles. The molecule has 118 valence electrons. The minimum absolute atomic E-state index is 0.0151. The summed E-state index contributed by atoms with van der Waals surface area (Å²) in [5, 5.41) is 6.29. The molecule has 0 radical (unpaired) electrons. The van der Waals surface area contributed by atoms with Gasteiger partial charge in [-0.2, -0.15) is 0 Å². The second kappa shape index (κ2) is 6.64. The van der Waals surface area contributed by atoms with Crippen LogP contribution in [0.2, 0.25) is 5.02 Å². The van der Waals surface area contributed by atoms with E-state index in [1.165, 1.54) is 11.8 Å². The number of aryl methyl sites for hydroxylation is 1. The number of thioether (sulfide) groups is 1. The summed E-state index contributed by atoms with van der Waals surface area (Å²) in [6, 6.07) is 11.1. The highest BCUT2D eigenvalue weighted by atomic mass is 35.5. The molecule has 23 heavy (non-hydrogen) atoms. The van der Waals surface area contributed by atoms with Gasteiger partial charge in [-0.05, 0) is 42.3 Å². The van der Waals surface area contributed by atoms with Gasteiger partial charge in [0.25, 0.3) is 0 Å². The van der Waals surface area contributed by atoms with Crippen LogP contribution >= 0.6 is 23.4 Å². The quantitative estimate of drug-likeness (QED) is 0.886. The highest BCUT2D eigenvalue weighted by Crippen LogP contribution is 2.32. The maximum atomic E-state index is 12.2. The zero-order valence-corrected chi connectivity index (χ0v) is 14.1. The van der Waals surface area contributed by atoms with Gasteiger partial charge >= 0.3 is 0 Å². The molecule has 0 bridgehead atoms. The van der Waals surface area contributed by atoms with Crippen LogP contribution in [-0.4, -0.2) is 17.6 Å². The van der Waals surface area contributed by atoms with Gasteiger partial charge < -0.3 is 10.6 Å². The van der Waals surface area contributed by atoms with Crippen molar-refractivity contribution in [3.63, 3.8) is 0 Å². The number of rotatable bonds is 3. The van der Waals surface area contributed by atoms with Crippen molar-refractivity contribution in [1.82, 2.24) is 0 Å². The lowest BCUT2D eigenvalue weighted by Crippen LogP contribution is -2.19. The highest BCUT2D eigenvalue weighted by molar-refractivity contribution is 8.00. The Labute approximate surface area is 143 Å². The van der Waals surface area contributed by atoms with E-state index in [4.69, 9.17) is 11.6 Å². The summed E-state index contributed by atoms with van der Waals surface area (Å²) in [5.74, 6) is 0.296. The number of anilines is 2. The molecule has 0 aliphatic carbocycles.